The lowest BCUT2D eigenvalue weighted by Gasteiger charge is -2.46. The lowest BCUT2D eigenvalue weighted by Crippen LogP contribution is -2.32. The first-order valence-electron chi connectivity index (χ1n) is 10.4. The van der Waals surface area contributed by atoms with Crippen molar-refractivity contribution in [3.63, 3.8) is 0 Å². The van der Waals surface area contributed by atoms with Crippen molar-refractivity contribution >= 4 is 10.3 Å². The standard InChI is InChI=1S/C24H33N3O3S/c1-24(2,3)31(4,5)30-23(20-7-6-12-25-15-20)16-26-13-14-29-21-10-8-19(9-11-21)22-17-28-18-27-22/h6-12,15,17-18,23,26H,13-14,16H2,1-5H3/t23-/m0/s1. The van der Waals surface area contributed by atoms with E-state index in [2.05, 4.69) is 54.6 Å². The van der Waals surface area contributed by atoms with Gasteiger partial charge in [-0.2, -0.15) is 0 Å². The van der Waals surface area contributed by atoms with E-state index >= 15 is 0 Å². The molecule has 0 aliphatic rings. The van der Waals surface area contributed by atoms with Crippen LogP contribution in [0.2, 0.25) is 0 Å². The predicted octanol–water partition coefficient (Wildman–Crippen LogP) is 5.24. The molecular weight excluding hydrogens is 410 g/mol. The summed E-state index contributed by atoms with van der Waals surface area (Å²) in [6, 6.07) is 11.9. The first-order valence-corrected chi connectivity index (χ1v) is 12.8. The van der Waals surface area contributed by atoms with E-state index < -0.39 is 10.3 Å². The average molecular weight is 444 g/mol. The van der Waals surface area contributed by atoms with Crippen molar-refractivity contribution in [2.24, 2.45) is 0 Å². The molecule has 1 aromatic carbocycles. The smallest absolute Gasteiger partial charge is 0.181 e. The highest BCUT2D eigenvalue weighted by atomic mass is 32.3. The Morgan fingerprint density at radius 3 is 2.52 bits per heavy atom. The van der Waals surface area contributed by atoms with E-state index in [0.717, 1.165) is 29.1 Å². The third-order valence-corrected chi connectivity index (χ3v) is 9.01. The molecule has 0 saturated heterocycles. The van der Waals surface area contributed by atoms with Crippen LogP contribution in [-0.4, -0.2) is 46.9 Å². The van der Waals surface area contributed by atoms with Gasteiger partial charge in [-0.25, -0.2) is 4.98 Å². The van der Waals surface area contributed by atoms with Crippen molar-refractivity contribution in [1.29, 1.82) is 0 Å². The van der Waals surface area contributed by atoms with Gasteiger partial charge in [-0.3, -0.25) is 4.98 Å². The number of pyridine rings is 1. The molecule has 0 fully saturated rings. The summed E-state index contributed by atoms with van der Waals surface area (Å²) in [5.74, 6) is 0.826. The predicted molar refractivity (Wildman–Crippen MR) is 128 cm³/mol. The first kappa shape index (κ1) is 23.3. The number of oxazole rings is 1. The van der Waals surface area contributed by atoms with Crippen molar-refractivity contribution < 1.29 is 13.3 Å². The van der Waals surface area contributed by atoms with Crippen LogP contribution in [0.1, 0.15) is 32.4 Å². The van der Waals surface area contributed by atoms with Crippen LogP contribution in [-0.2, 0) is 4.18 Å². The summed E-state index contributed by atoms with van der Waals surface area (Å²) in [6.45, 7) is 8.69. The largest absolute Gasteiger partial charge is 0.492 e. The molecule has 0 saturated carbocycles. The molecule has 0 aliphatic carbocycles. The van der Waals surface area contributed by atoms with Crippen molar-refractivity contribution in [3.05, 3.63) is 67.0 Å². The Hall–Kier alpha value is -2.35. The molecule has 0 amide bonds. The number of rotatable bonds is 10. The van der Waals surface area contributed by atoms with Crippen molar-refractivity contribution in [2.45, 2.75) is 31.6 Å². The maximum absolute atomic E-state index is 6.63. The summed E-state index contributed by atoms with van der Waals surface area (Å²) >= 11 is 0. The molecule has 1 N–H and O–H groups in total. The highest BCUT2D eigenvalue weighted by Crippen LogP contribution is 2.56. The maximum atomic E-state index is 6.63. The molecule has 6 nitrogen and oxygen atoms in total. The number of hydrogen-bond donors (Lipinski definition) is 1. The van der Waals surface area contributed by atoms with E-state index in [1.54, 1.807) is 12.5 Å². The molecule has 0 bridgehead atoms. The lowest BCUT2D eigenvalue weighted by molar-refractivity contribution is 0.219. The van der Waals surface area contributed by atoms with Gasteiger partial charge in [0.15, 0.2) is 6.39 Å². The molecule has 7 heteroatoms. The van der Waals surface area contributed by atoms with Crippen LogP contribution in [0.25, 0.3) is 11.3 Å². The fraction of sp³-hybridized carbons (Fsp3) is 0.417. The molecule has 168 valence electrons. The zero-order valence-electron chi connectivity index (χ0n) is 19.0. The molecular formula is C24H33N3O3S. The van der Waals surface area contributed by atoms with Crippen molar-refractivity contribution in [3.8, 4) is 17.0 Å². The Bertz CT molecular complexity index is 908. The SMILES string of the molecule is CC(C)(C)S(C)(C)O[C@@H](CNCCOc1ccc(-c2cocn2)cc1)c1cccnc1. The van der Waals surface area contributed by atoms with Gasteiger partial charge in [0.25, 0.3) is 0 Å². The van der Waals surface area contributed by atoms with Crippen LogP contribution in [0.15, 0.2) is 65.9 Å². The van der Waals surface area contributed by atoms with Crippen LogP contribution >= 0.6 is 10.3 Å². The Morgan fingerprint density at radius 1 is 1.13 bits per heavy atom. The third kappa shape index (κ3) is 6.56. The minimum absolute atomic E-state index is 0.0559. The van der Waals surface area contributed by atoms with Gasteiger partial charge in [0.1, 0.15) is 30.4 Å². The van der Waals surface area contributed by atoms with Gasteiger partial charge in [-0.1, -0.05) is 26.8 Å². The highest BCUT2D eigenvalue weighted by Gasteiger charge is 2.32. The molecule has 0 aliphatic heterocycles. The molecule has 3 aromatic rings. The van der Waals surface area contributed by atoms with Gasteiger partial charge >= 0.3 is 0 Å². The fourth-order valence-corrected chi connectivity index (χ4v) is 3.81. The Morgan fingerprint density at radius 2 is 1.90 bits per heavy atom. The molecule has 2 aromatic heterocycles. The number of ether oxygens (including phenoxy) is 1. The summed E-state index contributed by atoms with van der Waals surface area (Å²) in [7, 11) is -1.26. The number of hydrogen-bond acceptors (Lipinski definition) is 6. The molecule has 0 spiro atoms. The number of aromatic nitrogens is 2. The van der Waals surface area contributed by atoms with Gasteiger partial charge in [-0.05, 0) is 42.8 Å². The second kappa shape index (κ2) is 10.3. The minimum Gasteiger partial charge on any atom is -0.492 e. The third-order valence-electron chi connectivity index (χ3n) is 5.35. The molecule has 2 heterocycles. The molecule has 1 atom stereocenters. The summed E-state index contributed by atoms with van der Waals surface area (Å²) in [5, 5.41) is 3.48. The van der Waals surface area contributed by atoms with Crippen LogP contribution in [0.3, 0.4) is 0 Å². The quantitative estimate of drug-likeness (QED) is 0.432. The number of benzene rings is 1. The lowest BCUT2D eigenvalue weighted by atomic mass is 10.1. The van der Waals surface area contributed by atoms with Crippen LogP contribution in [0.4, 0.5) is 0 Å². The Kier molecular flexibility index (Phi) is 7.75. The van der Waals surface area contributed by atoms with E-state index in [9.17, 15) is 0 Å². The molecule has 3 rings (SSSR count). The second-order valence-electron chi connectivity index (χ2n) is 8.67. The van der Waals surface area contributed by atoms with Gasteiger partial charge in [0.2, 0.25) is 0 Å². The van der Waals surface area contributed by atoms with E-state index in [4.69, 9.17) is 13.3 Å². The van der Waals surface area contributed by atoms with Gasteiger partial charge in [-0.15, -0.1) is 10.3 Å². The van der Waals surface area contributed by atoms with Crippen LogP contribution in [0.5, 0.6) is 5.75 Å². The van der Waals surface area contributed by atoms with Crippen LogP contribution in [0, 0.1) is 0 Å². The van der Waals surface area contributed by atoms with E-state index in [1.807, 2.05) is 36.5 Å². The van der Waals surface area contributed by atoms with Gasteiger partial charge < -0.3 is 18.7 Å². The Balaban J connectivity index is 1.50. The first-order chi connectivity index (χ1) is 14.8. The fourth-order valence-electron chi connectivity index (χ4n) is 2.76. The van der Waals surface area contributed by atoms with E-state index in [-0.39, 0.29) is 10.9 Å². The summed E-state index contributed by atoms with van der Waals surface area (Å²) < 4.78 is 17.6. The topological polar surface area (TPSA) is 69.4 Å². The van der Waals surface area contributed by atoms with E-state index in [1.165, 1.54) is 6.39 Å². The van der Waals surface area contributed by atoms with Crippen molar-refractivity contribution in [2.75, 3.05) is 32.2 Å². The summed E-state index contributed by atoms with van der Waals surface area (Å²) in [4.78, 5) is 8.43. The molecule has 0 radical (unpaired) electrons. The zero-order valence-corrected chi connectivity index (χ0v) is 19.8. The second-order valence-corrected chi connectivity index (χ2v) is 12.6. The van der Waals surface area contributed by atoms with Crippen LogP contribution < -0.4 is 10.1 Å². The number of nitrogens with one attached hydrogen (secondary N) is 1. The molecule has 31 heavy (non-hydrogen) atoms. The highest BCUT2D eigenvalue weighted by molar-refractivity contribution is 8.29. The number of nitrogens with zero attached hydrogens (tertiary/aromatic N) is 2. The Labute approximate surface area is 186 Å². The van der Waals surface area contributed by atoms with Crippen molar-refractivity contribution in [1.82, 2.24) is 15.3 Å². The summed E-state index contributed by atoms with van der Waals surface area (Å²) in [5.41, 5.74) is 2.90. The maximum Gasteiger partial charge on any atom is 0.181 e. The molecule has 0 unspecified atom stereocenters. The van der Waals surface area contributed by atoms with E-state index in [0.29, 0.717) is 13.2 Å². The van der Waals surface area contributed by atoms with Gasteiger partial charge in [0.05, 0.1) is 0 Å². The normalized spacial score (nSPS) is 13.7. The monoisotopic (exact) mass is 443 g/mol. The zero-order chi connectivity index (χ0) is 22.3. The van der Waals surface area contributed by atoms with Gasteiger partial charge in [0, 0.05) is 41.4 Å². The minimum atomic E-state index is -1.26. The average Bonchev–Trinajstić information content (AvgIpc) is 3.28. The summed E-state index contributed by atoms with van der Waals surface area (Å²) in [6.07, 6.45) is 11.1.